The molecule has 298 valence electrons. The molecular weight excluding hydrogens is 807 g/mol. The number of nitrogens with zero attached hydrogens (tertiary/aromatic N) is 7. The summed E-state index contributed by atoms with van der Waals surface area (Å²) in [6.07, 6.45) is -3.14. The summed E-state index contributed by atoms with van der Waals surface area (Å²) < 4.78 is 132. The number of nitrogens with one attached hydrogen (secondary N) is 2. The van der Waals surface area contributed by atoms with Crippen molar-refractivity contribution >= 4 is 44.3 Å². The van der Waals surface area contributed by atoms with Gasteiger partial charge in [0.1, 0.15) is 23.9 Å². The number of fused-ring (bicyclic) bond motifs is 4. The fourth-order valence-electron chi connectivity index (χ4n) is 7.73. The van der Waals surface area contributed by atoms with Gasteiger partial charge in [-0.05, 0) is 54.7 Å². The van der Waals surface area contributed by atoms with Crippen molar-refractivity contribution in [1.29, 1.82) is 0 Å². The van der Waals surface area contributed by atoms with Gasteiger partial charge >= 0.3 is 6.18 Å². The van der Waals surface area contributed by atoms with Gasteiger partial charge in [-0.2, -0.15) is 37.2 Å². The van der Waals surface area contributed by atoms with E-state index in [0.29, 0.717) is 33.2 Å². The van der Waals surface area contributed by atoms with Gasteiger partial charge in [-0.3, -0.25) is 23.6 Å². The molecule has 4 aromatic heterocycles. The Bertz CT molecular complexity index is 2730. The third-order valence-corrected chi connectivity index (χ3v) is 10.9. The van der Waals surface area contributed by atoms with Gasteiger partial charge in [0, 0.05) is 49.0 Å². The topological polar surface area (TPSA) is 142 Å². The van der Waals surface area contributed by atoms with E-state index in [1.165, 1.54) is 28.7 Å². The summed E-state index contributed by atoms with van der Waals surface area (Å²) in [5.74, 6) is -9.10. The van der Waals surface area contributed by atoms with Crippen LogP contribution >= 0.6 is 11.6 Å². The summed E-state index contributed by atoms with van der Waals surface area (Å²) in [6, 6.07) is 9.29. The predicted octanol–water partition coefficient (Wildman–Crippen LogP) is 6.86. The molecule has 0 saturated heterocycles. The second-order valence-electron chi connectivity index (χ2n) is 14.1. The minimum atomic E-state index is -5.07. The molecule has 0 aliphatic heterocycles. The van der Waals surface area contributed by atoms with E-state index < -0.39 is 81.0 Å². The van der Waals surface area contributed by atoms with Gasteiger partial charge < -0.3 is 5.32 Å². The van der Waals surface area contributed by atoms with Gasteiger partial charge in [0.15, 0.2) is 11.5 Å². The Hall–Kier alpha value is -5.50. The maximum absolute atomic E-state index is 15.4. The minimum Gasteiger partial charge on any atom is -0.346 e. The Labute approximate surface area is 323 Å². The van der Waals surface area contributed by atoms with Crippen LogP contribution < -0.4 is 10.0 Å². The van der Waals surface area contributed by atoms with Gasteiger partial charge in [-0.25, -0.2) is 22.2 Å². The lowest BCUT2D eigenvalue weighted by molar-refractivity contribution is -0.142. The quantitative estimate of drug-likeness (QED) is 0.144. The van der Waals surface area contributed by atoms with E-state index in [9.17, 15) is 35.2 Å². The molecule has 12 nitrogen and oxygen atoms in total. The monoisotopic (exact) mass is 835 g/mol. The van der Waals surface area contributed by atoms with Crippen LogP contribution in [0.4, 0.5) is 36.6 Å². The Morgan fingerprint density at radius 2 is 1.72 bits per heavy atom. The number of rotatable bonds is 10. The first-order valence-corrected chi connectivity index (χ1v) is 19.4. The first-order valence-electron chi connectivity index (χ1n) is 17.1. The van der Waals surface area contributed by atoms with E-state index in [-0.39, 0.29) is 45.9 Å². The number of alkyl halides is 5. The lowest BCUT2D eigenvalue weighted by Gasteiger charge is -2.23. The van der Waals surface area contributed by atoms with Crippen molar-refractivity contribution in [2.45, 2.75) is 43.4 Å². The molecule has 1 fully saturated rings. The predicted molar refractivity (Wildman–Crippen MR) is 193 cm³/mol. The fourth-order valence-corrected chi connectivity index (χ4v) is 8.46. The zero-order chi connectivity index (χ0) is 40.9. The van der Waals surface area contributed by atoms with Crippen LogP contribution in [0.1, 0.15) is 46.6 Å². The van der Waals surface area contributed by atoms with Crippen molar-refractivity contribution in [3.63, 3.8) is 0 Å². The molecule has 0 spiro atoms. The number of benzene rings is 2. The normalized spacial score (nSPS) is 17.7. The molecule has 21 heteroatoms. The molecule has 2 aliphatic rings. The van der Waals surface area contributed by atoms with E-state index in [1.54, 1.807) is 31.3 Å². The third kappa shape index (κ3) is 6.87. The minimum absolute atomic E-state index is 0.0314. The molecule has 6 aromatic rings. The summed E-state index contributed by atoms with van der Waals surface area (Å²) >= 11 is 6.59. The molecule has 0 radical (unpaired) electrons. The molecule has 2 aliphatic carbocycles. The SMILES string of the molecule is Cn1nccc1-c1ccc(-c2ccc(Cl)c3c(NS(C)(=O)=O)nn(C)c23)c([C@H](Cc2cc(F)cc(F)c2)NC(=O)Cn2nc(C(F)(F)F)c3c2C(F)(F)[C@@H]2C[C@H]32)n1. The van der Waals surface area contributed by atoms with Gasteiger partial charge in [0.25, 0.3) is 5.92 Å². The fraction of sp³-hybridized carbons (Fsp3) is 0.306. The largest absolute Gasteiger partial charge is 0.435 e. The number of carbonyl (C=O) groups excluding carboxylic acids is 1. The second-order valence-corrected chi connectivity index (χ2v) is 16.2. The van der Waals surface area contributed by atoms with Gasteiger partial charge in [-0.1, -0.05) is 23.7 Å². The van der Waals surface area contributed by atoms with E-state index in [1.807, 2.05) is 0 Å². The molecular formula is C36H29ClF7N9O3S. The highest BCUT2D eigenvalue weighted by Crippen LogP contribution is 2.68. The van der Waals surface area contributed by atoms with E-state index >= 15 is 8.78 Å². The Morgan fingerprint density at radius 3 is 2.37 bits per heavy atom. The summed E-state index contributed by atoms with van der Waals surface area (Å²) in [6.45, 7) is -1.06. The smallest absolute Gasteiger partial charge is 0.346 e. The molecule has 4 heterocycles. The van der Waals surface area contributed by atoms with Crippen LogP contribution in [0.15, 0.2) is 54.7 Å². The van der Waals surface area contributed by atoms with Crippen LogP contribution in [-0.4, -0.2) is 54.9 Å². The number of hydrogen-bond acceptors (Lipinski definition) is 7. The van der Waals surface area contributed by atoms with Crippen molar-refractivity contribution in [1.82, 2.24) is 39.6 Å². The standard InChI is InChI=1S/C36H29ClF7N9O3S/c1-51-26(8-9-45-51)24-7-5-19(20-4-6-23(37)29-31(20)52(2)49-34(29)50-57(3,55)56)30(47-24)25(12-16-10-17(38)13-18(39)11-16)46-27(54)15-53-33-28(32(48-53)36(42,43)44)21-14-22(21)35(33,40)41/h4-11,13,21-22,25H,12,14-15H2,1-3H3,(H,46,54)(H,49,50)/t21-,22+,25-/m0/s1. The Morgan fingerprint density at radius 1 is 1.02 bits per heavy atom. The van der Waals surface area contributed by atoms with Crippen molar-refractivity contribution in [3.05, 3.63) is 99.6 Å². The van der Waals surface area contributed by atoms with Crippen LogP contribution in [0.3, 0.4) is 0 Å². The van der Waals surface area contributed by atoms with E-state index in [0.717, 1.165) is 18.4 Å². The highest BCUT2D eigenvalue weighted by molar-refractivity contribution is 7.92. The zero-order valence-electron chi connectivity index (χ0n) is 29.8. The lowest BCUT2D eigenvalue weighted by Crippen LogP contribution is -2.35. The molecule has 8 rings (SSSR count). The Balaban J connectivity index is 1.29. The number of aryl methyl sites for hydroxylation is 2. The summed E-state index contributed by atoms with van der Waals surface area (Å²) in [7, 11) is -0.665. The number of anilines is 1. The van der Waals surface area contributed by atoms with Crippen molar-refractivity contribution < 1.29 is 43.9 Å². The molecule has 1 saturated carbocycles. The molecule has 3 atom stereocenters. The molecule has 1 amide bonds. The van der Waals surface area contributed by atoms with Crippen molar-refractivity contribution in [3.8, 4) is 22.5 Å². The number of pyridine rings is 1. The van der Waals surface area contributed by atoms with Crippen LogP contribution in [0, 0.1) is 17.6 Å². The molecule has 0 unspecified atom stereocenters. The molecule has 2 aromatic carbocycles. The van der Waals surface area contributed by atoms with Gasteiger partial charge in [-0.15, -0.1) is 0 Å². The average molecular weight is 836 g/mol. The first kappa shape index (κ1) is 38.4. The highest BCUT2D eigenvalue weighted by Gasteiger charge is 2.68. The molecule has 2 N–H and O–H groups in total. The summed E-state index contributed by atoms with van der Waals surface area (Å²) in [5.41, 5.74) is -1.25. The van der Waals surface area contributed by atoms with Crippen LogP contribution in [0.2, 0.25) is 5.02 Å². The van der Waals surface area contributed by atoms with Crippen LogP contribution in [-0.2, 0) is 54.0 Å². The van der Waals surface area contributed by atoms with Crippen molar-refractivity contribution in [2.75, 3.05) is 11.0 Å². The van der Waals surface area contributed by atoms with Crippen LogP contribution in [0.5, 0.6) is 0 Å². The number of amides is 1. The van der Waals surface area contributed by atoms with E-state index in [2.05, 4.69) is 25.3 Å². The maximum Gasteiger partial charge on any atom is 0.435 e. The van der Waals surface area contributed by atoms with Gasteiger partial charge in [0.2, 0.25) is 15.9 Å². The number of aromatic nitrogens is 7. The highest BCUT2D eigenvalue weighted by atomic mass is 35.5. The molecule has 0 bridgehead atoms. The van der Waals surface area contributed by atoms with Gasteiger partial charge in [0.05, 0.1) is 45.3 Å². The third-order valence-electron chi connectivity index (χ3n) is 10.0. The summed E-state index contributed by atoms with van der Waals surface area (Å²) in [4.78, 5) is 18.8. The average Bonchev–Trinajstić information content (AvgIpc) is 3.32. The first-order chi connectivity index (χ1) is 26.7. The number of halogens is 8. The maximum atomic E-state index is 15.4. The van der Waals surface area contributed by atoms with E-state index in [4.69, 9.17) is 16.6 Å². The van der Waals surface area contributed by atoms with Crippen molar-refractivity contribution in [2.24, 2.45) is 20.0 Å². The number of carbonyl (C=O) groups is 1. The second kappa shape index (κ2) is 13.3. The zero-order valence-corrected chi connectivity index (χ0v) is 31.4. The molecule has 57 heavy (non-hydrogen) atoms. The van der Waals surface area contributed by atoms with Crippen LogP contribution in [0.25, 0.3) is 33.4 Å². The number of sulfonamides is 1. The Kier molecular flexibility index (Phi) is 8.95. The summed E-state index contributed by atoms with van der Waals surface area (Å²) in [5, 5.41) is 15.0. The lowest BCUT2D eigenvalue weighted by atomic mass is 9.93. The number of hydrogen-bond donors (Lipinski definition) is 2.